The molecule has 0 spiro atoms. The third-order valence-corrected chi connectivity index (χ3v) is 7.40. The van der Waals surface area contributed by atoms with Gasteiger partial charge < -0.3 is 25.4 Å². The Morgan fingerprint density at radius 2 is 2.00 bits per heavy atom. The first kappa shape index (κ1) is 25.0. The summed E-state index contributed by atoms with van der Waals surface area (Å²) >= 11 is 0. The quantitative estimate of drug-likeness (QED) is 0.301. The summed E-state index contributed by atoms with van der Waals surface area (Å²) in [5, 5.41) is 3.02. The molecule has 1 amide bonds. The number of ether oxygens (including phenoxy) is 1. The van der Waals surface area contributed by atoms with E-state index in [1.165, 1.54) is 0 Å². The highest BCUT2D eigenvalue weighted by molar-refractivity contribution is 5.99. The molecule has 0 bridgehead atoms. The fourth-order valence-electron chi connectivity index (χ4n) is 5.48. The fraction of sp³-hybridized carbons (Fsp3) is 0.393. The Morgan fingerprint density at radius 3 is 2.70 bits per heavy atom. The molecule has 1 fully saturated rings. The van der Waals surface area contributed by atoms with Crippen molar-refractivity contribution in [2.24, 2.45) is 5.84 Å². The largest absolute Gasteiger partial charge is 0.381 e. The fourth-order valence-corrected chi connectivity index (χ4v) is 5.48. The third kappa shape index (κ3) is 5.23. The van der Waals surface area contributed by atoms with Gasteiger partial charge in [0.25, 0.3) is 11.5 Å². The summed E-state index contributed by atoms with van der Waals surface area (Å²) in [5.41, 5.74) is 9.25. The lowest BCUT2D eigenvalue weighted by molar-refractivity contribution is 0.0840. The van der Waals surface area contributed by atoms with Crippen molar-refractivity contribution in [2.75, 3.05) is 30.1 Å². The lowest BCUT2D eigenvalue weighted by Crippen LogP contribution is -2.43. The minimum Gasteiger partial charge on any atom is -0.381 e. The van der Waals surface area contributed by atoms with Crippen LogP contribution in [0.2, 0.25) is 0 Å². The van der Waals surface area contributed by atoms with Crippen LogP contribution in [0.4, 0.5) is 11.5 Å². The van der Waals surface area contributed by atoms with Crippen molar-refractivity contribution in [1.82, 2.24) is 15.3 Å². The van der Waals surface area contributed by atoms with E-state index in [0.29, 0.717) is 23.0 Å². The number of aromatic amines is 1. The van der Waals surface area contributed by atoms with E-state index in [-0.39, 0.29) is 18.0 Å². The Morgan fingerprint density at radius 1 is 1.19 bits per heavy atom. The standard InChI is InChI=1S/C28H34N6O3/c1-17-12-18(2)32-28(36)24(17)16-31-27(35)23-13-20(19-5-6-26(33-29)30-15-19)14-25-22(23)4-3-9-34(25)21-7-10-37-11-8-21/h5-6,12-15,21H,3-4,7-11,16,29H2,1-2H3,(H,30,33)(H,31,35)(H,32,36). The van der Waals surface area contributed by atoms with Gasteiger partial charge >= 0.3 is 0 Å². The van der Waals surface area contributed by atoms with Gasteiger partial charge in [0.1, 0.15) is 5.82 Å². The lowest BCUT2D eigenvalue weighted by atomic mass is 9.90. The van der Waals surface area contributed by atoms with Crippen LogP contribution in [0.15, 0.2) is 41.3 Å². The van der Waals surface area contributed by atoms with E-state index < -0.39 is 0 Å². The molecule has 2 aromatic heterocycles. The molecule has 194 valence electrons. The molecule has 0 unspecified atom stereocenters. The summed E-state index contributed by atoms with van der Waals surface area (Å²) in [7, 11) is 0. The molecule has 3 aromatic rings. The Kier molecular flexibility index (Phi) is 7.25. The highest BCUT2D eigenvalue weighted by Crippen LogP contribution is 2.37. The smallest absolute Gasteiger partial charge is 0.253 e. The first-order valence-corrected chi connectivity index (χ1v) is 12.9. The number of H-pyrrole nitrogens is 1. The van der Waals surface area contributed by atoms with Gasteiger partial charge in [-0.2, -0.15) is 0 Å². The molecule has 37 heavy (non-hydrogen) atoms. The number of benzene rings is 1. The third-order valence-electron chi connectivity index (χ3n) is 7.40. The molecule has 2 aliphatic rings. The molecule has 2 aliphatic heterocycles. The number of amides is 1. The minimum absolute atomic E-state index is 0.168. The summed E-state index contributed by atoms with van der Waals surface area (Å²) in [6.45, 7) is 6.38. The van der Waals surface area contributed by atoms with Crippen LogP contribution in [0, 0.1) is 13.8 Å². The number of aromatic nitrogens is 2. The number of hydrogen-bond donors (Lipinski definition) is 4. The van der Waals surface area contributed by atoms with E-state index in [1.54, 1.807) is 6.20 Å². The Labute approximate surface area is 216 Å². The molecular formula is C28H34N6O3. The summed E-state index contributed by atoms with van der Waals surface area (Å²) in [6, 6.07) is 10.2. The van der Waals surface area contributed by atoms with Crippen molar-refractivity contribution in [3.63, 3.8) is 0 Å². The molecule has 5 N–H and O–H groups in total. The van der Waals surface area contributed by atoms with Crippen molar-refractivity contribution >= 4 is 17.4 Å². The number of rotatable bonds is 6. The predicted molar refractivity (Wildman–Crippen MR) is 145 cm³/mol. The van der Waals surface area contributed by atoms with Crippen molar-refractivity contribution in [1.29, 1.82) is 0 Å². The van der Waals surface area contributed by atoms with Crippen molar-refractivity contribution < 1.29 is 9.53 Å². The molecule has 0 radical (unpaired) electrons. The maximum atomic E-state index is 13.6. The van der Waals surface area contributed by atoms with Crippen LogP contribution < -0.4 is 27.0 Å². The van der Waals surface area contributed by atoms with Crippen molar-refractivity contribution in [2.45, 2.75) is 52.1 Å². The Balaban J connectivity index is 1.53. The summed E-state index contributed by atoms with van der Waals surface area (Å²) in [5.74, 6) is 5.89. The van der Waals surface area contributed by atoms with Gasteiger partial charge in [0.05, 0.1) is 0 Å². The van der Waals surface area contributed by atoms with E-state index in [9.17, 15) is 9.59 Å². The predicted octanol–water partition coefficient (Wildman–Crippen LogP) is 3.20. The maximum Gasteiger partial charge on any atom is 0.253 e. The topological polar surface area (TPSA) is 125 Å². The highest BCUT2D eigenvalue weighted by Gasteiger charge is 2.29. The van der Waals surface area contributed by atoms with Crippen LogP contribution >= 0.6 is 0 Å². The average molecular weight is 503 g/mol. The SMILES string of the molecule is Cc1cc(C)c(CNC(=O)c2cc(-c3ccc(NN)nc3)cc3c2CCCN3C2CCOCC2)c(=O)[nH]1. The summed E-state index contributed by atoms with van der Waals surface area (Å²) < 4.78 is 5.61. The molecule has 5 rings (SSSR count). The molecule has 9 heteroatoms. The number of nitrogens with one attached hydrogen (secondary N) is 3. The van der Waals surface area contributed by atoms with E-state index >= 15 is 0 Å². The number of carbonyl (C=O) groups excluding carboxylic acids is 1. The van der Waals surface area contributed by atoms with Gasteiger partial charge in [-0.15, -0.1) is 0 Å². The molecule has 0 aliphatic carbocycles. The summed E-state index contributed by atoms with van der Waals surface area (Å²) in [4.78, 5) is 35.8. The van der Waals surface area contributed by atoms with Crippen LogP contribution in [-0.2, 0) is 17.7 Å². The maximum absolute atomic E-state index is 13.6. The Hall–Kier alpha value is -3.69. The van der Waals surface area contributed by atoms with E-state index in [2.05, 4.69) is 31.7 Å². The molecular weight excluding hydrogens is 468 g/mol. The number of carbonyl (C=O) groups is 1. The highest BCUT2D eigenvalue weighted by atomic mass is 16.5. The molecule has 0 saturated carbocycles. The van der Waals surface area contributed by atoms with Crippen LogP contribution in [0.1, 0.15) is 52.0 Å². The molecule has 1 aromatic carbocycles. The monoisotopic (exact) mass is 502 g/mol. The zero-order chi connectivity index (χ0) is 25.9. The molecule has 0 atom stereocenters. The molecule has 4 heterocycles. The van der Waals surface area contributed by atoms with Gasteiger partial charge in [-0.05, 0) is 86.6 Å². The second-order valence-corrected chi connectivity index (χ2v) is 9.86. The first-order chi connectivity index (χ1) is 17.9. The second-order valence-electron chi connectivity index (χ2n) is 9.86. The van der Waals surface area contributed by atoms with Gasteiger partial charge in [-0.1, -0.05) is 0 Å². The van der Waals surface area contributed by atoms with Crippen LogP contribution in [0.5, 0.6) is 0 Å². The number of nitrogen functional groups attached to an aromatic ring is 1. The van der Waals surface area contributed by atoms with Crippen molar-refractivity contribution in [3.8, 4) is 11.1 Å². The van der Waals surface area contributed by atoms with Crippen molar-refractivity contribution in [3.05, 3.63) is 74.8 Å². The van der Waals surface area contributed by atoms with E-state index in [1.807, 2.05) is 38.1 Å². The number of hydrazine groups is 1. The first-order valence-electron chi connectivity index (χ1n) is 12.9. The van der Waals surface area contributed by atoms with Gasteiger partial charge in [0, 0.05) is 66.6 Å². The number of nitrogens with two attached hydrogens (primary N) is 1. The van der Waals surface area contributed by atoms with Gasteiger partial charge in [0.15, 0.2) is 0 Å². The number of aryl methyl sites for hydroxylation is 2. The van der Waals surface area contributed by atoms with Gasteiger partial charge in [-0.3, -0.25) is 9.59 Å². The van der Waals surface area contributed by atoms with Crippen LogP contribution in [-0.4, -0.2) is 41.7 Å². The van der Waals surface area contributed by atoms with Crippen LogP contribution in [0.25, 0.3) is 11.1 Å². The number of anilines is 2. The second kappa shape index (κ2) is 10.7. The number of nitrogens with zero attached hydrogens (tertiary/aromatic N) is 2. The van der Waals surface area contributed by atoms with E-state index in [4.69, 9.17) is 10.6 Å². The van der Waals surface area contributed by atoms with Gasteiger partial charge in [-0.25, -0.2) is 10.8 Å². The van der Waals surface area contributed by atoms with E-state index in [0.717, 1.165) is 79.1 Å². The minimum atomic E-state index is -0.181. The zero-order valence-corrected chi connectivity index (χ0v) is 21.4. The number of fused-ring (bicyclic) bond motifs is 1. The number of hydrogen-bond acceptors (Lipinski definition) is 7. The average Bonchev–Trinajstić information content (AvgIpc) is 2.92. The van der Waals surface area contributed by atoms with Gasteiger partial charge in [0.2, 0.25) is 0 Å². The lowest BCUT2D eigenvalue weighted by Gasteiger charge is -2.40. The summed E-state index contributed by atoms with van der Waals surface area (Å²) in [6.07, 6.45) is 5.52. The normalized spacial score (nSPS) is 15.8. The van der Waals surface area contributed by atoms with Crippen LogP contribution in [0.3, 0.4) is 0 Å². The molecule has 1 saturated heterocycles. The zero-order valence-electron chi connectivity index (χ0n) is 21.4. The Bertz CT molecular complexity index is 1350. The molecule has 9 nitrogen and oxygen atoms in total. The number of pyridine rings is 2.